The number of fused-ring (bicyclic) bond motifs is 1. The molecule has 0 aliphatic rings. The molecule has 0 radical (unpaired) electrons. The number of hydrogen-bond acceptors (Lipinski definition) is 3. The molecule has 6 heteroatoms. The van der Waals surface area contributed by atoms with Crippen LogP contribution in [0, 0.1) is 6.92 Å². The molecule has 0 N–H and O–H groups in total. The van der Waals surface area contributed by atoms with Gasteiger partial charge in [0.1, 0.15) is 0 Å². The topological polar surface area (TPSA) is 52.0 Å². The summed E-state index contributed by atoms with van der Waals surface area (Å²) in [5.74, 6) is 0. The SMILES string of the molecule is Cc1ccc(S(=O)(=O)n2c(Cl)nc3ccccc32)cc1. The first-order valence-electron chi connectivity index (χ1n) is 5.95. The molecule has 0 aliphatic heterocycles. The van der Waals surface area contributed by atoms with E-state index < -0.39 is 10.0 Å². The van der Waals surface area contributed by atoms with Gasteiger partial charge in [-0.3, -0.25) is 0 Å². The second kappa shape index (κ2) is 4.61. The minimum Gasteiger partial charge on any atom is -0.217 e. The van der Waals surface area contributed by atoms with E-state index in [9.17, 15) is 8.42 Å². The first-order valence-corrected chi connectivity index (χ1v) is 7.77. The molecule has 0 amide bonds. The molecule has 3 rings (SSSR count). The van der Waals surface area contributed by atoms with Crippen molar-refractivity contribution in [3.05, 3.63) is 59.4 Å². The van der Waals surface area contributed by atoms with Gasteiger partial charge in [-0.05, 0) is 42.8 Å². The molecule has 1 aromatic heterocycles. The molecule has 0 unspecified atom stereocenters. The summed E-state index contributed by atoms with van der Waals surface area (Å²) >= 11 is 6.01. The monoisotopic (exact) mass is 306 g/mol. The van der Waals surface area contributed by atoms with Crippen molar-refractivity contribution >= 4 is 32.7 Å². The van der Waals surface area contributed by atoms with Crippen molar-refractivity contribution in [3.8, 4) is 0 Å². The van der Waals surface area contributed by atoms with E-state index in [1.165, 1.54) is 0 Å². The smallest absolute Gasteiger partial charge is 0.217 e. The Kier molecular flexibility index (Phi) is 3.03. The highest BCUT2D eigenvalue weighted by Crippen LogP contribution is 2.25. The lowest BCUT2D eigenvalue weighted by Crippen LogP contribution is -2.13. The van der Waals surface area contributed by atoms with Gasteiger partial charge in [-0.25, -0.2) is 17.4 Å². The molecule has 0 saturated heterocycles. The van der Waals surface area contributed by atoms with Crippen LogP contribution in [0.15, 0.2) is 53.4 Å². The summed E-state index contributed by atoms with van der Waals surface area (Å²) in [4.78, 5) is 4.26. The van der Waals surface area contributed by atoms with Crippen LogP contribution >= 0.6 is 11.6 Å². The van der Waals surface area contributed by atoms with Crippen LogP contribution in [-0.4, -0.2) is 17.4 Å². The number of nitrogens with zero attached hydrogens (tertiary/aromatic N) is 2. The Balaban J connectivity index is 2.29. The second-order valence-corrected chi connectivity index (χ2v) is 6.58. The molecular formula is C14H11ClN2O2S. The van der Waals surface area contributed by atoms with E-state index in [0.717, 1.165) is 9.54 Å². The maximum Gasteiger partial charge on any atom is 0.270 e. The third-order valence-corrected chi connectivity index (χ3v) is 5.11. The fourth-order valence-corrected chi connectivity index (χ4v) is 3.82. The Hall–Kier alpha value is -1.85. The van der Waals surface area contributed by atoms with Gasteiger partial charge in [-0.1, -0.05) is 29.8 Å². The number of benzene rings is 2. The van der Waals surface area contributed by atoms with Gasteiger partial charge in [0.05, 0.1) is 15.9 Å². The normalized spacial score (nSPS) is 11.9. The first kappa shape index (κ1) is 13.1. The number of imidazole rings is 1. The first-order chi connectivity index (χ1) is 9.50. The van der Waals surface area contributed by atoms with E-state index in [1.54, 1.807) is 48.5 Å². The zero-order valence-electron chi connectivity index (χ0n) is 10.6. The largest absolute Gasteiger partial charge is 0.270 e. The average Bonchev–Trinajstić information content (AvgIpc) is 2.75. The van der Waals surface area contributed by atoms with E-state index in [4.69, 9.17) is 11.6 Å². The van der Waals surface area contributed by atoms with Crippen molar-refractivity contribution in [2.24, 2.45) is 0 Å². The number of aryl methyl sites for hydroxylation is 1. The number of halogens is 1. The lowest BCUT2D eigenvalue weighted by molar-refractivity contribution is 0.589. The van der Waals surface area contributed by atoms with Crippen molar-refractivity contribution in [2.75, 3.05) is 0 Å². The van der Waals surface area contributed by atoms with Gasteiger partial charge in [-0.15, -0.1) is 0 Å². The van der Waals surface area contributed by atoms with Gasteiger partial charge < -0.3 is 0 Å². The lowest BCUT2D eigenvalue weighted by Gasteiger charge is -2.08. The predicted molar refractivity (Wildman–Crippen MR) is 78.5 cm³/mol. The summed E-state index contributed by atoms with van der Waals surface area (Å²) in [6.45, 7) is 1.90. The Morgan fingerprint density at radius 3 is 2.40 bits per heavy atom. The van der Waals surface area contributed by atoms with Gasteiger partial charge in [-0.2, -0.15) is 0 Å². The van der Waals surface area contributed by atoms with Crippen LogP contribution in [0.5, 0.6) is 0 Å². The molecule has 20 heavy (non-hydrogen) atoms. The highest BCUT2D eigenvalue weighted by molar-refractivity contribution is 7.90. The predicted octanol–water partition coefficient (Wildman–Crippen LogP) is 3.24. The maximum absolute atomic E-state index is 12.7. The third-order valence-electron chi connectivity index (χ3n) is 3.04. The summed E-state index contributed by atoms with van der Waals surface area (Å²) in [6, 6.07) is 13.6. The molecule has 4 nitrogen and oxygen atoms in total. The quantitative estimate of drug-likeness (QED) is 0.730. The van der Waals surface area contributed by atoms with E-state index in [-0.39, 0.29) is 10.2 Å². The van der Waals surface area contributed by atoms with Crippen LogP contribution in [0.3, 0.4) is 0 Å². The summed E-state index contributed by atoms with van der Waals surface area (Å²) in [6.07, 6.45) is 0. The third kappa shape index (κ3) is 1.99. The van der Waals surface area contributed by atoms with Gasteiger partial charge in [0.25, 0.3) is 10.0 Å². The number of para-hydroxylation sites is 2. The van der Waals surface area contributed by atoms with E-state index in [0.29, 0.717) is 11.0 Å². The highest BCUT2D eigenvalue weighted by Gasteiger charge is 2.23. The zero-order valence-corrected chi connectivity index (χ0v) is 12.2. The molecule has 3 aromatic rings. The average molecular weight is 307 g/mol. The Bertz CT molecular complexity index is 883. The summed E-state index contributed by atoms with van der Waals surface area (Å²) in [7, 11) is -3.75. The van der Waals surface area contributed by atoms with E-state index >= 15 is 0 Å². The molecule has 0 atom stereocenters. The van der Waals surface area contributed by atoms with Crippen molar-refractivity contribution in [3.63, 3.8) is 0 Å². The van der Waals surface area contributed by atoms with Crippen LogP contribution in [0.2, 0.25) is 5.28 Å². The summed E-state index contributed by atoms with van der Waals surface area (Å²) in [5, 5.41) is -0.0632. The molecule has 0 saturated carbocycles. The summed E-state index contributed by atoms with van der Waals surface area (Å²) in [5.41, 5.74) is 2.01. The zero-order chi connectivity index (χ0) is 14.3. The molecule has 0 spiro atoms. The van der Waals surface area contributed by atoms with Crippen molar-refractivity contribution in [2.45, 2.75) is 11.8 Å². The van der Waals surface area contributed by atoms with Crippen LogP contribution < -0.4 is 0 Å². The lowest BCUT2D eigenvalue weighted by atomic mass is 10.2. The highest BCUT2D eigenvalue weighted by atomic mass is 35.5. The maximum atomic E-state index is 12.7. The van der Waals surface area contributed by atoms with Gasteiger partial charge in [0.15, 0.2) is 0 Å². The van der Waals surface area contributed by atoms with Gasteiger partial charge in [0, 0.05) is 0 Å². The van der Waals surface area contributed by atoms with E-state index in [1.807, 2.05) is 6.92 Å². The molecule has 0 aliphatic carbocycles. The standard InChI is InChI=1S/C14H11ClN2O2S/c1-10-6-8-11(9-7-10)20(18,19)17-13-5-3-2-4-12(13)16-14(17)15/h2-9H,1H3. The van der Waals surface area contributed by atoms with E-state index in [2.05, 4.69) is 4.98 Å². The molecule has 0 bridgehead atoms. The van der Waals surface area contributed by atoms with Crippen LogP contribution in [0.4, 0.5) is 0 Å². The Morgan fingerprint density at radius 2 is 1.70 bits per heavy atom. The minimum absolute atomic E-state index is 0.0632. The van der Waals surface area contributed by atoms with Crippen molar-refractivity contribution in [1.82, 2.24) is 8.96 Å². The van der Waals surface area contributed by atoms with Crippen LogP contribution in [0.25, 0.3) is 11.0 Å². The fourth-order valence-electron chi connectivity index (χ4n) is 2.02. The number of aromatic nitrogens is 2. The van der Waals surface area contributed by atoms with Gasteiger partial charge >= 0.3 is 0 Å². The van der Waals surface area contributed by atoms with Crippen molar-refractivity contribution < 1.29 is 8.42 Å². The summed E-state index contributed by atoms with van der Waals surface area (Å²) < 4.78 is 26.4. The van der Waals surface area contributed by atoms with Crippen molar-refractivity contribution in [1.29, 1.82) is 0 Å². The second-order valence-electron chi connectivity index (χ2n) is 4.45. The molecule has 102 valence electrons. The Morgan fingerprint density at radius 1 is 1.05 bits per heavy atom. The molecular weight excluding hydrogens is 296 g/mol. The molecule has 1 heterocycles. The van der Waals surface area contributed by atoms with Gasteiger partial charge in [0.2, 0.25) is 5.28 Å². The van der Waals surface area contributed by atoms with Crippen LogP contribution in [-0.2, 0) is 10.0 Å². The Labute approximate surface area is 121 Å². The number of hydrogen-bond donors (Lipinski definition) is 0. The number of rotatable bonds is 2. The van der Waals surface area contributed by atoms with Crippen LogP contribution in [0.1, 0.15) is 5.56 Å². The molecule has 0 fully saturated rings. The fraction of sp³-hybridized carbons (Fsp3) is 0.0714. The molecule has 2 aromatic carbocycles. The minimum atomic E-state index is -3.75.